The van der Waals surface area contributed by atoms with Crippen molar-refractivity contribution in [3.63, 3.8) is 0 Å². The number of carbonyl (C=O) groups excluding carboxylic acids is 1. The van der Waals surface area contributed by atoms with Crippen LogP contribution in [0.15, 0.2) is 6.07 Å². The van der Waals surface area contributed by atoms with Crippen molar-refractivity contribution in [2.45, 2.75) is 64.8 Å². The zero-order chi connectivity index (χ0) is 17.5. The van der Waals surface area contributed by atoms with Gasteiger partial charge in [0.1, 0.15) is 5.54 Å². The van der Waals surface area contributed by atoms with E-state index in [0.29, 0.717) is 31.2 Å². The predicted octanol–water partition coefficient (Wildman–Crippen LogP) is 3.98. The fourth-order valence-electron chi connectivity index (χ4n) is 4.28. The van der Waals surface area contributed by atoms with Crippen LogP contribution in [0.5, 0.6) is 0 Å². The number of hydrogen-bond donors (Lipinski definition) is 1. The minimum absolute atomic E-state index is 0.0859. The normalized spacial score (nSPS) is 26.7. The molecule has 1 aromatic heterocycles. The summed E-state index contributed by atoms with van der Waals surface area (Å²) in [4.78, 5) is 28.5. The summed E-state index contributed by atoms with van der Waals surface area (Å²) in [6.07, 6.45) is 5.09. The van der Waals surface area contributed by atoms with Gasteiger partial charge >= 0.3 is 5.97 Å². The van der Waals surface area contributed by atoms with Crippen LogP contribution in [0.1, 0.15) is 66.6 Å². The van der Waals surface area contributed by atoms with E-state index in [-0.39, 0.29) is 5.91 Å². The molecule has 0 spiro atoms. The molecule has 2 aliphatic rings. The molecule has 1 aliphatic carbocycles. The molecule has 5 heteroatoms. The van der Waals surface area contributed by atoms with E-state index >= 15 is 0 Å². The highest BCUT2D eigenvalue weighted by atomic mass is 32.1. The van der Waals surface area contributed by atoms with Crippen molar-refractivity contribution < 1.29 is 14.7 Å². The lowest BCUT2D eigenvalue weighted by atomic mass is 9.81. The molecule has 1 saturated heterocycles. The topological polar surface area (TPSA) is 57.6 Å². The zero-order valence-electron chi connectivity index (χ0n) is 14.8. The largest absolute Gasteiger partial charge is 0.479 e. The van der Waals surface area contributed by atoms with E-state index in [0.717, 1.165) is 24.1 Å². The van der Waals surface area contributed by atoms with Crippen LogP contribution in [0.25, 0.3) is 0 Å². The maximum absolute atomic E-state index is 13.0. The average molecular weight is 349 g/mol. The highest BCUT2D eigenvalue weighted by Crippen LogP contribution is 2.38. The van der Waals surface area contributed by atoms with Crippen molar-refractivity contribution in [2.75, 3.05) is 6.54 Å². The molecule has 0 radical (unpaired) electrons. The van der Waals surface area contributed by atoms with E-state index in [2.05, 4.69) is 13.8 Å². The molecule has 2 heterocycles. The Balaban J connectivity index is 1.85. The van der Waals surface area contributed by atoms with Crippen LogP contribution in [0.3, 0.4) is 0 Å². The summed E-state index contributed by atoms with van der Waals surface area (Å²) in [5.41, 5.74) is 0.298. The van der Waals surface area contributed by atoms with Gasteiger partial charge in [0.05, 0.1) is 4.88 Å². The van der Waals surface area contributed by atoms with Crippen molar-refractivity contribution >= 4 is 23.2 Å². The third kappa shape index (κ3) is 2.77. The van der Waals surface area contributed by atoms with Gasteiger partial charge in [-0.1, -0.05) is 20.8 Å². The second kappa shape index (κ2) is 6.51. The number of carboxylic acid groups (broad SMARTS) is 1. The lowest BCUT2D eigenvalue weighted by Gasteiger charge is -2.33. The van der Waals surface area contributed by atoms with E-state index in [9.17, 15) is 14.7 Å². The summed E-state index contributed by atoms with van der Waals surface area (Å²) in [6, 6.07) is 2.04. The summed E-state index contributed by atoms with van der Waals surface area (Å²) in [6.45, 7) is 6.95. The Morgan fingerprint density at radius 3 is 2.83 bits per heavy atom. The first-order valence-electron chi connectivity index (χ1n) is 9.06. The van der Waals surface area contributed by atoms with Crippen molar-refractivity contribution in [2.24, 2.45) is 11.8 Å². The second-order valence-electron chi connectivity index (χ2n) is 7.56. The van der Waals surface area contributed by atoms with Gasteiger partial charge in [0.15, 0.2) is 0 Å². The molecule has 1 fully saturated rings. The first kappa shape index (κ1) is 17.5. The first-order chi connectivity index (χ1) is 11.4. The third-order valence-electron chi connectivity index (χ3n) is 5.99. The maximum Gasteiger partial charge on any atom is 0.329 e. The van der Waals surface area contributed by atoms with E-state index in [1.54, 1.807) is 16.2 Å². The first-order valence-corrected chi connectivity index (χ1v) is 9.87. The Morgan fingerprint density at radius 2 is 2.21 bits per heavy atom. The molecule has 4 nitrogen and oxygen atoms in total. The van der Waals surface area contributed by atoms with E-state index in [1.165, 1.54) is 16.9 Å². The van der Waals surface area contributed by atoms with Crippen LogP contribution in [-0.4, -0.2) is 34.0 Å². The van der Waals surface area contributed by atoms with E-state index in [4.69, 9.17) is 0 Å². The number of thiophene rings is 1. The van der Waals surface area contributed by atoms with Gasteiger partial charge in [0, 0.05) is 11.4 Å². The number of nitrogens with zero attached hydrogens (tertiary/aromatic N) is 1. The fraction of sp³-hybridized carbons (Fsp3) is 0.684. The Morgan fingerprint density at radius 1 is 1.46 bits per heavy atom. The SMILES string of the molecule is CCC1(C(=O)O)CCCN1C(=O)c1cc2c(s1)CCC(C(C)C)C2. The van der Waals surface area contributed by atoms with Crippen molar-refractivity contribution in [3.8, 4) is 0 Å². The molecule has 0 aromatic carbocycles. The molecular formula is C19H27NO3S. The summed E-state index contributed by atoms with van der Waals surface area (Å²) < 4.78 is 0. The van der Waals surface area contributed by atoms with Crippen LogP contribution < -0.4 is 0 Å². The second-order valence-corrected chi connectivity index (χ2v) is 8.69. The number of amides is 1. The van der Waals surface area contributed by atoms with Gasteiger partial charge in [-0.05, 0) is 62.0 Å². The molecule has 132 valence electrons. The fourth-order valence-corrected chi connectivity index (χ4v) is 5.43. The zero-order valence-corrected chi connectivity index (χ0v) is 15.6. The number of likely N-dealkylation sites (tertiary alicyclic amines) is 1. The molecule has 2 atom stereocenters. The van der Waals surface area contributed by atoms with Crippen LogP contribution in [0.4, 0.5) is 0 Å². The summed E-state index contributed by atoms with van der Waals surface area (Å²) in [5.74, 6) is 0.403. The molecule has 1 N–H and O–H groups in total. The number of aliphatic carboxylic acids is 1. The molecule has 1 aromatic rings. The molecule has 24 heavy (non-hydrogen) atoms. The summed E-state index contributed by atoms with van der Waals surface area (Å²) >= 11 is 1.58. The summed E-state index contributed by atoms with van der Waals surface area (Å²) in [7, 11) is 0. The lowest BCUT2D eigenvalue weighted by Crippen LogP contribution is -2.52. The van der Waals surface area contributed by atoms with Crippen molar-refractivity contribution in [1.82, 2.24) is 4.90 Å². The molecule has 1 aliphatic heterocycles. The van der Waals surface area contributed by atoms with Gasteiger partial charge in [0.25, 0.3) is 5.91 Å². The van der Waals surface area contributed by atoms with Crippen LogP contribution in [0, 0.1) is 11.8 Å². The Kier molecular flexibility index (Phi) is 4.73. The summed E-state index contributed by atoms with van der Waals surface area (Å²) in [5, 5.41) is 9.70. The molecule has 3 rings (SSSR count). The van der Waals surface area contributed by atoms with Gasteiger partial charge in [-0.25, -0.2) is 4.79 Å². The van der Waals surface area contributed by atoms with Crippen LogP contribution >= 0.6 is 11.3 Å². The molecular weight excluding hydrogens is 322 g/mol. The molecule has 1 amide bonds. The monoisotopic (exact) mass is 349 g/mol. The Hall–Kier alpha value is -1.36. The number of aryl methyl sites for hydroxylation is 1. The van der Waals surface area contributed by atoms with Crippen LogP contribution in [-0.2, 0) is 17.6 Å². The minimum Gasteiger partial charge on any atom is -0.479 e. The standard InChI is InChI=1S/C19H27NO3S/c1-4-19(18(22)23)8-5-9-20(19)17(21)16-11-14-10-13(12(2)3)6-7-15(14)24-16/h11-13H,4-10H2,1-3H3,(H,22,23). The Bertz CT molecular complexity index is 651. The molecule has 0 saturated carbocycles. The number of carbonyl (C=O) groups is 2. The Labute approximate surface area is 147 Å². The lowest BCUT2D eigenvalue weighted by molar-refractivity contribution is -0.148. The molecule has 2 unspecified atom stereocenters. The van der Waals surface area contributed by atoms with Crippen molar-refractivity contribution in [3.05, 3.63) is 21.4 Å². The van der Waals surface area contributed by atoms with E-state index < -0.39 is 11.5 Å². The smallest absolute Gasteiger partial charge is 0.329 e. The van der Waals surface area contributed by atoms with Gasteiger partial charge in [-0.3, -0.25) is 4.79 Å². The van der Waals surface area contributed by atoms with Gasteiger partial charge in [-0.2, -0.15) is 0 Å². The highest BCUT2D eigenvalue weighted by Gasteiger charge is 2.49. The number of hydrogen-bond acceptors (Lipinski definition) is 3. The van der Waals surface area contributed by atoms with Gasteiger partial charge < -0.3 is 10.0 Å². The average Bonchev–Trinajstić information content (AvgIpc) is 3.17. The molecule has 0 bridgehead atoms. The van der Waals surface area contributed by atoms with Crippen molar-refractivity contribution in [1.29, 1.82) is 0 Å². The number of fused-ring (bicyclic) bond motifs is 1. The number of carboxylic acids is 1. The van der Waals surface area contributed by atoms with Gasteiger partial charge in [0.2, 0.25) is 0 Å². The maximum atomic E-state index is 13.0. The van der Waals surface area contributed by atoms with Crippen LogP contribution in [0.2, 0.25) is 0 Å². The highest BCUT2D eigenvalue weighted by molar-refractivity contribution is 7.14. The van der Waals surface area contributed by atoms with E-state index in [1.807, 2.05) is 13.0 Å². The van der Waals surface area contributed by atoms with Gasteiger partial charge in [-0.15, -0.1) is 11.3 Å². The number of rotatable bonds is 4. The third-order valence-corrected chi connectivity index (χ3v) is 7.22. The minimum atomic E-state index is -1.01. The predicted molar refractivity (Wildman–Crippen MR) is 95.6 cm³/mol. The quantitative estimate of drug-likeness (QED) is 0.894.